The number of aliphatic hydroxyl groups excluding tert-OH is 2. The number of aliphatic hydroxyl groups is 2. The summed E-state index contributed by atoms with van der Waals surface area (Å²) in [4.78, 5) is 23.7. The monoisotopic (exact) mass is 346 g/mol. The van der Waals surface area contributed by atoms with Crippen LogP contribution in [-0.4, -0.2) is 59.5 Å². The molecular weight excluding hydrogens is 324 g/mol. The largest absolute Gasteiger partial charge is 0.388 e. The molecule has 7 nitrogen and oxygen atoms in total. The van der Waals surface area contributed by atoms with Gasteiger partial charge in [-0.3, -0.25) is 9.59 Å². The maximum atomic E-state index is 12.1. The lowest BCUT2D eigenvalue weighted by molar-refractivity contribution is -0.124. The first-order valence-corrected chi connectivity index (χ1v) is 7.99. The van der Waals surface area contributed by atoms with Crippen molar-refractivity contribution in [3.63, 3.8) is 0 Å². The molecule has 1 aromatic rings. The van der Waals surface area contributed by atoms with Gasteiger partial charge in [0.2, 0.25) is 5.91 Å². The molecule has 25 heavy (non-hydrogen) atoms. The van der Waals surface area contributed by atoms with Crippen LogP contribution in [0.3, 0.4) is 0 Å². The molecule has 4 atom stereocenters. The Balaban J connectivity index is 1.86. The van der Waals surface area contributed by atoms with Crippen LogP contribution in [0.1, 0.15) is 22.3 Å². The van der Waals surface area contributed by atoms with Crippen molar-refractivity contribution in [2.24, 2.45) is 0 Å². The van der Waals surface area contributed by atoms with Crippen molar-refractivity contribution < 1.29 is 24.5 Å². The number of amides is 2. The van der Waals surface area contributed by atoms with Crippen molar-refractivity contribution >= 4 is 11.8 Å². The second kappa shape index (κ2) is 8.62. The van der Waals surface area contributed by atoms with Crippen LogP contribution in [0.25, 0.3) is 0 Å². The Labute approximate surface area is 146 Å². The Morgan fingerprint density at radius 1 is 1.16 bits per heavy atom. The maximum absolute atomic E-state index is 12.1. The molecule has 0 aliphatic carbocycles. The van der Waals surface area contributed by atoms with Crippen molar-refractivity contribution in [3.05, 3.63) is 35.4 Å². The quantitative estimate of drug-likeness (QED) is 0.512. The summed E-state index contributed by atoms with van der Waals surface area (Å²) in [6.07, 6.45) is 0.882. The molecule has 0 saturated carbocycles. The zero-order valence-corrected chi connectivity index (χ0v) is 13.9. The molecule has 4 N–H and O–H groups in total. The van der Waals surface area contributed by atoms with E-state index in [1.165, 1.54) is 0 Å². The number of carbonyl (C=O) groups is 2. The molecule has 0 radical (unpaired) electrons. The molecule has 1 heterocycles. The van der Waals surface area contributed by atoms with Crippen molar-refractivity contribution in [1.82, 2.24) is 10.6 Å². The summed E-state index contributed by atoms with van der Waals surface area (Å²) in [6.45, 7) is 2.03. The first-order valence-electron chi connectivity index (χ1n) is 7.99. The Morgan fingerprint density at radius 2 is 1.80 bits per heavy atom. The molecule has 4 unspecified atom stereocenters. The van der Waals surface area contributed by atoms with Crippen LogP contribution >= 0.6 is 0 Å². The van der Waals surface area contributed by atoms with E-state index in [4.69, 9.17) is 11.2 Å². The third kappa shape index (κ3) is 5.03. The number of hydrogen-bond acceptors (Lipinski definition) is 5. The molecule has 1 aliphatic heterocycles. The predicted octanol–water partition coefficient (Wildman–Crippen LogP) is -0.646. The van der Waals surface area contributed by atoms with Crippen LogP contribution in [0.4, 0.5) is 0 Å². The number of rotatable bonds is 6. The summed E-state index contributed by atoms with van der Waals surface area (Å²) < 4.78 is 5.51. The Hall–Kier alpha value is -2.40. The van der Waals surface area contributed by atoms with Gasteiger partial charge in [-0.1, -0.05) is 23.6 Å². The van der Waals surface area contributed by atoms with E-state index >= 15 is 0 Å². The van der Waals surface area contributed by atoms with Gasteiger partial charge in [-0.2, -0.15) is 0 Å². The van der Waals surface area contributed by atoms with Crippen molar-refractivity contribution in [3.8, 4) is 12.3 Å². The van der Waals surface area contributed by atoms with E-state index in [0.717, 1.165) is 5.56 Å². The highest BCUT2D eigenvalue weighted by Gasteiger charge is 2.43. The number of terminal acetylenes is 1. The minimum absolute atomic E-state index is 0.0212. The number of nitrogens with one attached hydrogen (secondary N) is 2. The highest BCUT2D eigenvalue weighted by Crippen LogP contribution is 2.23. The van der Waals surface area contributed by atoms with Gasteiger partial charge in [-0.15, -0.1) is 6.42 Å². The van der Waals surface area contributed by atoms with E-state index in [1.54, 1.807) is 12.1 Å². The zero-order valence-electron chi connectivity index (χ0n) is 13.9. The van der Waals surface area contributed by atoms with Crippen molar-refractivity contribution in [2.75, 3.05) is 13.1 Å². The summed E-state index contributed by atoms with van der Waals surface area (Å²) in [5.74, 6) is 1.59. The number of hydrogen-bond donors (Lipinski definition) is 4. The highest BCUT2D eigenvalue weighted by molar-refractivity contribution is 5.94. The average molecular weight is 346 g/mol. The maximum Gasteiger partial charge on any atom is 0.251 e. The zero-order chi connectivity index (χ0) is 18.4. The first-order chi connectivity index (χ1) is 11.9. The number of ether oxygens (including phenoxy) is 1. The minimum atomic E-state index is -1.21. The van der Waals surface area contributed by atoms with E-state index in [0.29, 0.717) is 5.56 Å². The lowest BCUT2D eigenvalue weighted by atomic mass is 10.1. The smallest absolute Gasteiger partial charge is 0.251 e. The molecule has 1 fully saturated rings. The van der Waals surface area contributed by atoms with Crippen LogP contribution in [0.2, 0.25) is 0 Å². The third-order valence-electron chi connectivity index (χ3n) is 4.01. The molecule has 2 rings (SSSR count). The van der Waals surface area contributed by atoms with Gasteiger partial charge in [-0.05, 0) is 19.1 Å². The van der Waals surface area contributed by atoms with Gasteiger partial charge in [0, 0.05) is 12.1 Å². The first kappa shape index (κ1) is 18.9. The minimum Gasteiger partial charge on any atom is -0.388 e. The molecule has 1 saturated heterocycles. The average Bonchev–Trinajstić information content (AvgIpc) is 2.86. The summed E-state index contributed by atoms with van der Waals surface area (Å²) in [5, 5.41) is 25.2. The molecule has 2 amide bonds. The van der Waals surface area contributed by atoms with E-state index in [2.05, 4.69) is 16.6 Å². The van der Waals surface area contributed by atoms with Gasteiger partial charge >= 0.3 is 0 Å². The number of aryl methyl sites for hydroxylation is 1. The lowest BCUT2D eigenvalue weighted by Gasteiger charge is -2.15. The van der Waals surface area contributed by atoms with Crippen molar-refractivity contribution in [2.45, 2.75) is 37.8 Å². The number of carbonyl (C=O) groups excluding carboxylic acids is 2. The van der Waals surface area contributed by atoms with E-state index in [1.807, 2.05) is 19.1 Å². The van der Waals surface area contributed by atoms with Gasteiger partial charge in [0.25, 0.3) is 5.91 Å². The molecule has 1 aliphatic rings. The predicted molar refractivity (Wildman–Crippen MR) is 90.6 cm³/mol. The van der Waals surface area contributed by atoms with Crippen LogP contribution in [0, 0.1) is 19.3 Å². The topological polar surface area (TPSA) is 108 Å². The van der Waals surface area contributed by atoms with Gasteiger partial charge in [0.15, 0.2) is 0 Å². The molecular formula is C18H22N2O5. The second-order valence-electron chi connectivity index (χ2n) is 5.96. The van der Waals surface area contributed by atoms with E-state index in [9.17, 15) is 19.8 Å². The normalized spacial score (nSPS) is 25.2. The van der Waals surface area contributed by atoms with Crippen LogP contribution in [0.5, 0.6) is 0 Å². The Morgan fingerprint density at radius 3 is 2.44 bits per heavy atom. The van der Waals surface area contributed by atoms with Crippen molar-refractivity contribution in [1.29, 1.82) is 0 Å². The fraction of sp³-hybridized carbons (Fsp3) is 0.444. The molecule has 0 spiro atoms. The Bertz CT molecular complexity index is 652. The summed E-state index contributed by atoms with van der Waals surface area (Å²) in [7, 11) is 0. The van der Waals surface area contributed by atoms with Gasteiger partial charge in [0.05, 0.1) is 19.1 Å². The van der Waals surface area contributed by atoms with Crippen LogP contribution in [-0.2, 0) is 9.53 Å². The molecule has 0 aromatic heterocycles. The second-order valence-corrected chi connectivity index (χ2v) is 5.96. The third-order valence-corrected chi connectivity index (χ3v) is 4.01. The van der Waals surface area contributed by atoms with Gasteiger partial charge in [0.1, 0.15) is 18.3 Å². The van der Waals surface area contributed by atoms with Gasteiger partial charge < -0.3 is 25.6 Å². The number of benzene rings is 1. The van der Waals surface area contributed by atoms with Crippen LogP contribution in [0.15, 0.2) is 24.3 Å². The lowest BCUT2D eigenvalue weighted by Crippen LogP contribution is -2.40. The fourth-order valence-electron chi connectivity index (χ4n) is 2.57. The Kier molecular flexibility index (Phi) is 6.53. The van der Waals surface area contributed by atoms with E-state index < -0.39 is 24.4 Å². The summed E-state index contributed by atoms with van der Waals surface area (Å²) >= 11 is 0. The molecule has 0 bridgehead atoms. The SMILES string of the molecule is C#CCNC(=O)CC1OC(CNC(=O)c2ccc(C)cc2)C(O)C1O. The summed E-state index contributed by atoms with van der Waals surface area (Å²) in [6, 6.07) is 7.04. The molecule has 134 valence electrons. The summed E-state index contributed by atoms with van der Waals surface area (Å²) in [5.41, 5.74) is 1.53. The molecule has 1 aromatic carbocycles. The van der Waals surface area contributed by atoms with Gasteiger partial charge in [-0.25, -0.2) is 0 Å². The standard InChI is InChI=1S/C18H22N2O5/c1-3-8-19-15(21)9-13-16(22)17(23)14(25-13)10-20-18(24)12-6-4-11(2)5-7-12/h1,4-7,13-14,16-17,22-23H,8-10H2,2H3,(H,19,21)(H,20,24). The van der Waals surface area contributed by atoms with Crippen LogP contribution < -0.4 is 10.6 Å². The van der Waals surface area contributed by atoms with E-state index in [-0.39, 0.29) is 31.3 Å². The molecule has 7 heteroatoms. The fourth-order valence-corrected chi connectivity index (χ4v) is 2.57. The highest BCUT2D eigenvalue weighted by atomic mass is 16.5.